The van der Waals surface area contributed by atoms with Gasteiger partial charge in [-0.3, -0.25) is 4.79 Å². The monoisotopic (exact) mass is 587 g/mol. The van der Waals surface area contributed by atoms with E-state index in [1.807, 2.05) is 109 Å². The van der Waals surface area contributed by atoms with Crippen LogP contribution in [-0.4, -0.2) is 21.6 Å². The van der Waals surface area contributed by atoms with E-state index < -0.39 is 0 Å². The molecule has 2 atom stereocenters. The number of carbonyl (C=O) groups excluding carboxylic acids is 1. The molecule has 0 N–H and O–H groups in total. The summed E-state index contributed by atoms with van der Waals surface area (Å²) >= 11 is 12.4. The number of hydrogen-bond acceptors (Lipinski definition) is 3. The van der Waals surface area contributed by atoms with Crippen LogP contribution in [0.15, 0.2) is 120 Å². The Kier molecular flexibility index (Phi) is 7.10. The Labute approximate surface area is 254 Å². The van der Waals surface area contributed by atoms with Crippen molar-refractivity contribution in [2.75, 3.05) is 0 Å². The van der Waals surface area contributed by atoms with E-state index in [4.69, 9.17) is 33.3 Å². The molecule has 6 heteroatoms. The molecule has 1 aliphatic carbocycles. The van der Waals surface area contributed by atoms with Crippen molar-refractivity contribution in [2.45, 2.75) is 25.3 Å². The van der Waals surface area contributed by atoms with Crippen LogP contribution in [0, 0.1) is 5.92 Å². The van der Waals surface area contributed by atoms with Crippen molar-refractivity contribution in [2.24, 2.45) is 11.0 Å². The summed E-state index contributed by atoms with van der Waals surface area (Å²) in [5, 5.41) is 9.01. The molecule has 1 aliphatic heterocycles. The summed E-state index contributed by atoms with van der Waals surface area (Å²) in [6.45, 7) is 0. The lowest BCUT2D eigenvalue weighted by molar-refractivity contribution is 0.0683. The molecule has 0 spiro atoms. The van der Waals surface area contributed by atoms with Crippen LogP contribution in [0.1, 0.15) is 46.8 Å². The second-order valence-corrected chi connectivity index (χ2v) is 11.7. The van der Waals surface area contributed by atoms with Crippen LogP contribution in [-0.2, 0) is 0 Å². The van der Waals surface area contributed by atoms with Crippen molar-refractivity contribution in [3.63, 3.8) is 0 Å². The van der Waals surface area contributed by atoms with E-state index in [1.165, 1.54) is 0 Å². The minimum Gasteiger partial charge on any atom is -0.267 e. The number of allylic oxidation sites excluding steroid dienone is 1. The van der Waals surface area contributed by atoms with Gasteiger partial charge in [0.1, 0.15) is 0 Å². The number of hydrazone groups is 1. The van der Waals surface area contributed by atoms with Gasteiger partial charge in [0.2, 0.25) is 0 Å². The van der Waals surface area contributed by atoms with Gasteiger partial charge in [0, 0.05) is 26.9 Å². The molecule has 1 aromatic heterocycles. The molecule has 4 aromatic carbocycles. The maximum Gasteiger partial charge on any atom is 0.275 e. The van der Waals surface area contributed by atoms with Crippen LogP contribution < -0.4 is 0 Å². The molecule has 2 aliphatic rings. The molecule has 4 nitrogen and oxygen atoms in total. The summed E-state index contributed by atoms with van der Waals surface area (Å²) in [5.74, 6) is -0.0670. The summed E-state index contributed by atoms with van der Waals surface area (Å²) in [5.41, 5.74) is 7.31. The Morgan fingerprint density at radius 3 is 2.29 bits per heavy atom. The predicted octanol–water partition coefficient (Wildman–Crippen LogP) is 9.65. The molecule has 1 amide bonds. The first-order valence-corrected chi connectivity index (χ1v) is 14.9. The number of benzene rings is 4. The third kappa shape index (κ3) is 5.02. The van der Waals surface area contributed by atoms with Gasteiger partial charge in [0.05, 0.1) is 28.5 Å². The zero-order chi connectivity index (χ0) is 28.6. The molecule has 0 saturated heterocycles. The Balaban J connectivity index is 1.37. The number of amides is 1. The number of fused-ring (bicyclic) bond motifs is 2. The van der Waals surface area contributed by atoms with Gasteiger partial charge in [-0.15, -0.1) is 0 Å². The van der Waals surface area contributed by atoms with Crippen LogP contribution in [0.4, 0.5) is 0 Å². The van der Waals surface area contributed by atoms with Gasteiger partial charge < -0.3 is 0 Å². The summed E-state index contributed by atoms with van der Waals surface area (Å²) in [6.07, 6.45) is 5.05. The molecule has 5 aromatic rings. The average Bonchev–Trinajstić information content (AvgIpc) is 3.43. The molecule has 0 bridgehead atoms. The van der Waals surface area contributed by atoms with Crippen molar-refractivity contribution in [3.05, 3.63) is 142 Å². The third-order valence-electron chi connectivity index (χ3n) is 8.15. The number of aromatic nitrogens is 1. The summed E-state index contributed by atoms with van der Waals surface area (Å²) in [7, 11) is 0. The van der Waals surface area contributed by atoms with Crippen LogP contribution in [0.25, 0.3) is 28.2 Å². The molecule has 206 valence electrons. The highest BCUT2D eigenvalue weighted by Gasteiger charge is 2.44. The van der Waals surface area contributed by atoms with Crippen molar-refractivity contribution >= 4 is 51.8 Å². The second-order valence-electron chi connectivity index (χ2n) is 10.8. The fourth-order valence-corrected chi connectivity index (χ4v) is 6.41. The predicted molar refractivity (Wildman–Crippen MR) is 172 cm³/mol. The second kappa shape index (κ2) is 11.2. The van der Waals surface area contributed by atoms with E-state index in [0.29, 0.717) is 15.6 Å². The number of para-hydroxylation sites is 1. The first-order chi connectivity index (χ1) is 20.5. The first-order valence-electron chi connectivity index (χ1n) is 14.1. The lowest BCUT2D eigenvalue weighted by Gasteiger charge is -2.30. The van der Waals surface area contributed by atoms with Crippen LogP contribution in [0.3, 0.4) is 0 Å². The highest BCUT2D eigenvalue weighted by molar-refractivity contribution is 6.30. The first kappa shape index (κ1) is 26.6. The minimum atomic E-state index is -0.245. The number of halogens is 2. The normalized spacial score (nSPS) is 19.1. The van der Waals surface area contributed by atoms with E-state index in [0.717, 1.165) is 63.8 Å². The molecule has 2 heterocycles. The van der Waals surface area contributed by atoms with Crippen molar-refractivity contribution in [3.8, 4) is 11.3 Å². The van der Waals surface area contributed by atoms with Gasteiger partial charge in [-0.1, -0.05) is 96.0 Å². The quantitative estimate of drug-likeness (QED) is 0.210. The summed E-state index contributed by atoms with van der Waals surface area (Å²) < 4.78 is 0. The maximum absolute atomic E-state index is 14.7. The Morgan fingerprint density at radius 1 is 0.833 bits per heavy atom. The molecule has 42 heavy (non-hydrogen) atoms. The molecule has 1 fully saturated rings. The molecular weight excluding hydrogens is 561 g/mol. The van der Waals surface area contributed by atoms with Crippen molar-refractivity contribution < 1.29 is 4.79 Å². The van der Waals surface area contributed by atoms with Gasteiger partial charge >= 0.3 is 0 Å². The fraction of sp³-hybridized carbons (Fsp3) is 0.139. The smallest absolute Gasteiger partial charge is 0.267 e. The zero-order valence-electron chi connectivity index (χ0n) is 22.8. The number of rotatable bonds is 4. The molecular formula is C36H27Cl2N3O. The minimum absolute atomic E-state index is 0.0733. The largest absolute Gasteiger partial charge is 0.275 e. The number of hydrogen-bond donors (Lipinski definition) is 0. The molecule has 2 unspecified atom stereocenters. The van der Waals surface area contributed by atoms with Crippen LogP contribution >= 0.6 is 23.2 Å². The third-order valence-corrected chi connectivity index (χ3v) is 8.65. The van der Waals surface area contributed by atoms with E-state index in [9.17, 15) is 4.79 Å². The molecule has 7 rings (SSSR count). The highest BCUT2D eigenvalue weighted by atomic mass is 35.5. The SMILES string of the molecule is O=C(c1cc(-c2ccccc2)nc2ccccc12)N1N=C2/C(=C\c3ccc(Cl)cc3)CCCC2C1c1ccc(Cl)cc1. The Hall–Kier alpha value is -4.25. The highest BCUT2D eigenvalue weighted by Crippen LogP contribution is 2.45. The number of nitrogens with zero attached hydrogens (tertiary/aromatic N) is 3. The standard InChI is InChI=1S/C36H27Cl2N3O/c37-27-17-13-23(14-18-27)21-26-9-6-11-30-34(26)40-41(35(30)25-15-19-28(38)20-16-25)36(42)31-22-33(24-7-2-1-3-8-24)39-32-12-5-4-10-29(31)32/h1-5,7-8,10,12-22,30,35H,6,9,11H2/b26-21-. The van der Waals surface area contributed by atoms with E-state index >= 15 is 0 Å². The van der Waals surface area contributed by atoms with Crippen LogP contribution in [0.2, 0.25) is 10.0 Å². The fourth-order valence-electron chi connectivity index (χ4n) is 6.15. The average molecular weight is 589 g/mol. The lowest BCUT2D eigenvalue weighted by Crippen LogP contribution is -2.32. The van der Waals surface area contributed by atoms with E-state index in [2.05, 4.69) is 6.08 Å². The van der Waals surface area contributed by atoms with Crippen molar-refractivity contribution in [1.82, 2.24) is 9.99 Å². The zero-order valence-corrected chi connectivity index (χ0v) is 24.3. The summed E-state index contributed by atoms with van der Waals surface area (Å²) in [6, 6.07) is 35.1. The number of carbonyl (C=O) groups is 1. The van der Waals surface area contributed by atoms with E-state index in [1.54, 1.807) is 5.01 Å². The maximum atomic E-state index is 14.7. The van der Waals surface area contributed by atoms with Gasteiger partial charge in [0.25, 0.3) is 5.91 Å². The summed E-state index contributed by atoms with van der Waals surface area (Å²) in [4.78, 5) is 19.6. The van der Waals surface area contributed by atoms with E-state index in [-0.39, 0.29) is 17.9 Å². The van der Waals surface area contributed by atoms with Gasteiger partial charge in [-0.2, -0.15) is 5.10 Å². The molecule has 0 radical (unpaired) electrons. The van der Waals surface area contributed by atoms with Gasteiger partial charge in [-0.25, -0.2) is 9.99 Å². The van der Waals surface area contributed by atoms with Crippen molar-refractivity contribution in [1.29, 1.82) is 0 Å². The topological polar surface area (TPSA) is 45.6 Å². The van der Waals surface area contributed by atoms with Gasteiger partial charge in [0.15, 0.2) is 0 Å². The Morgan fingerprint density at radius 2 is 1.52 bits per heavy atom. The lowest BCUT2D eigenvalue weighted by atomic mass is 9.77. The van der Waals surface area contributed by atoms with Crippen LogP contribution in [0.5, 0.6) is 0 Å². The number of pyridine rings is 1. The molecule has 1 saturated carbocycles. The van der Waals surface area contributed by atoms with Gasteiger partial charge in [-0.05, 0) is 78.4 Å². The Bertz CT molecular complexity index is 1850.